The number of carbonyl (C=O) groups is 2. The molecule has 0 aromatic heterocycles. The van der Waals surface area contributed by atoms with Gasteiger partial charge in [-0.3, -0.25) is 9.59 Å². The van der Waals surface area contributed by atoms with Crippen LogP contribution in [0.2, 0.25) is 0 Å². The highest BCUT2D eigenvalue weighted by atomic mass is 16.5. The Hall–Kier alpha value is -1.10. The van der Waals surface area contributed by atoms with Crippen molar-refractivity contribution in [2.24, 2.45) is 0 Å². The fourth-order valence-corrected chi connectivity index (χ4v) is 1.18. The van der Waals surface area contributed by atoms with Crippen molar-refractivity contribution in [2.45, 2.75) is 58.2 Å². The van der Waals surface area contributed by atoms with Crippen molar-refractivity contribution in [3.63, 3.8) is 0 Å². The van der Waals surface area contributed by atoms with Crippen molar-refractivity contribution in [3.05, 3.63) is 0 Å². The molecular formula is C12H22N2O3. The molecule has 2 amide bonds. The van der Waals surface area contributed by atoms with Crippen LogP contribution in [0.4, 0.5) is 0 Å². The second kappa shape index (κ2) is 5.49. The maximum absolute atomic E-state index is 11.6. The number of ether oxygens (including phenoxy) is 1. The fourth-order valence-electron chi connectivity index (χ4n) is 1.18. The summed E-state index contributed by atoms with van der Waals surface area (Å²) in [4.78, 5) is 23.1. The zero-order valence-corrected chi connectivity index (χ0v) is 11.0. The minimum absolute atomic E-state index is 0.0233. The maximum atomic E-state index is 11.6. The number of rotatable bonds is 5. The minimum Gasteiger partial charge on any atom is -0.366 e. The molecule has 0 bridgehead atoms. The summed E-state index contributed by atoms with van der Waals surface area (Å²) in [6.07, 6.45) is 2.08. The quantitative estimate of drug-likeness (QED) is 0.741. The Kier molecular flexibility index (Phi) is 4.51. The van der Waals surface area contributed by atoms with Crippen LogP contribution in [-0.2, 0) is 14.3 Å². The first kappa shape index (κ1) is 14.0. The Morgan fingerprint density at radius 1 is 1.35 bits per heavy atom. The number of amides is 2. The molecular weight excluding hydrogens is 220 g/mol. The van der Waals surface area contributed by atoms with Gasteiger partial charge in [0.1, 0.15) is 12.6 Å². The van der Waals surface area contributed by atoms with E-state index in [4.69, 9.17) is 4.74 Å². The molecule has 1 unspecified atom stereocenters. The van der Waals surface area contributed by atoms with Crippen LogP contribution < -0.4 is 10.6 Å². The molecule has 5 heteroatoms. The van der Waals surface area contributed by atoms with Gasteiger partial charge in [-0.05, 0) is 40.5 Å². The Balaban J connectivity index is 2.22. The van der Waals surface area contributed by atoms with E-state index in [0.29, 0.717) is 6.04 Å². The molecule has 5 nitrogen and oxygen atoms in total. The third kappa shape index (κ3) is 6.26. The summed E-state index contributed by atoms with van der Waals surface area (Å²) in [6, 6.07) is -0.195. The summed E-state index contributed by atoms with van der Waals surface area (Å²) in [5, 5.41) is 5.45. The van der Waals surface area contributed by atoms with Gasteiger partial charge in [0.05, 0.1) is 5.60 Å². The highest BCUT2D eigenvalue weighted by molar-refractivity contribution is 5.87. The van der Waals surface area contributed by atoms with Gasteiger partial charge in [0.25, 0.3) is 0 Å². The van der Waals surface area contributed by atoms with E-state index in [1.165, 1.54) is 0 Å². The molecule has 98 valence electrons. The molecule has 0 aromatic rings. The molecule has 0 spiro atoms. The Labute approximate surface area is 102 Å². The zero-order valence-electron chi connectivity index (χ0n) is 11.0. The molecule has 17 heavy (non-hydrogen) atoms. The van der Waals surface area contributed by atoms with E-state index < -0.39 is 6.04 Å². The Morgan fingerprint density at radius 2 is 1.94 bits per heavy atom. The van der Waals surface area contributed by atoms with Gasteiger partial charge in [-0.25, -0.2) is 0 Å². The van der Waals surface area contributed by atoms with E-state index in [1.807, 2.05) is 20.8 Å². The number of hydrogen-bond acceptors (Lipinski definition) is 3. The van der Waals surface area contributed by atoms with Crippen LogP contribution in [-0.4, -0.2) is 36.1 Å². The van der Waals surface area contributed by atoms with Crippen molar-refractivity contribution < 1.29 is 14.3 Å². The molecule has 1 rings (SSSR count). The zero-order chi connectivity index (χ0) is 13.1. The average Bonchev–Trinajstić information content (AvgIpc) is 2.97. The predicted octanol–water partition coefficient (Wildman–Crippen LogP) is 0.585. The smallest absolute Gasteiger partial charge is 0.246 e. The number of carbonyl (C=O) groups excluding carboxylic acids is 2. The Morgan fingerprint density at radius 3 is 2.41 bits per heavy atom. The van der Waals surface area contributed by atoms with E-state index in [2.05, 4.69) is 10.6 Å². The Bertz CT molecular complexity index is 293. The van der Waals surface area contributed by atoms with Gasteiger partial charge in [-0.2, -0.15) is 0 Å². The average molecular weight is 242 g/mol. The summed E-state index contributed by atoms with van der Waals surface area (Å²) in [5.74, 6) is -0.394. The molecule has 1 atom stereocenters. The van der Waals surface area contributed by atoms with Crippen molar-refractivity contribution in [1.29, 1.82) is 0 Å². The summed E-state index contributed by atoms with van der Waals surface area (Å²) >= 11 is 0. The summed E-state index contributed by atoms with van der Waals surface area (Å²) in [7, 11) is 0. The number of hydrogen-bond donors (Lipinski definition) is 2. The molecule has 0 heterocycles. The number of nitrogens with one attached hydrogen (secondary N) is 2. The van der Waals surface area contributed by atoms with E-state index in [-0.39, 0.29) is 24.0 Å². The van der Waals surface area contributed by atoms with Crippen LogP contribution in [0.3, 0.4) is 0 Å². The fraction of sp³-hybridized carbons (Fsp3) is 0.833. The van der Waals surface area contributed by atoms with Crippen molar-refractivity contribution in [3.8, 4) is 0 Å². The SMILES string of the molecule is CC(NC(=O)COC(C)(C)C)C(=O)NC1CC1. The standard InChI is InChI=1S/C12H22N2O3/c1-8(11(16)14-9-5-6-9)13-10(15)7-17-12(2,3)4/h8-9H,5-7H2,1-4H3,(H,13,15)(H,14,16). The van der Waals surface area contributed by atoms with E-state index >= 15 is 0 Å². The van der Waals surface area contributed by atoms with Crippen LogP contribution in [0.15, 0.2) is 0 Å². The minimum atomic E-state index is -0.508. The van der Waals surface area contributed by atoms with Gasteiger partial charge >= 0.3 is 0 Å². The second-order valence-corrected chi connectivity index (χ2v) is 5.47. The summed E-state index contributed by atoms with van der Waals surface area (Å²) in [5.41, 5.74) is -0.350. The third-order valence-corrected chi connectivity index (χ3v) is 2.33. The van der Waals surface area contributed by atoms with Gasteiger partial charge in [-0.1, -0.05) is 0 Å². The van der Waals surface area contributed by atoms with Crippen LogP contribution >= 0.6 is 0 Å². The summed E-state index contributed by atoms with van der Waals surface area (Å²) < 4.78 is 5.32. The maximum Gasteiger partial charge on any atom is 0.246 e. The van der Waals surface area contributed by atoms with Gasteiger partial charge in [0.2, 0.25) is 11.8 Å². The van der Waals surface area contributed by atoms with Gasteiger partial charge in [0.15, 0.2) is 0 Å². The molecule has 0 saturated heterocycles. The van der Waals surface area contributed by atoms with E-state index in [0.717, 1.165) is 12.8 Å². The lowest BCUT2D eigenvalue weighted by atomic mass is 10.2. The van der Waals surface area contributed by atoms with Crippen LogP contribution in [0, 0.1) is 0 Å². The van der Waals surface area contributed by atoms with E-state index in [1.54, 1.807) is 6.92 Å². The molecule has 1 aliphatic carbocycles. The lowest BCUT2D eigenvalue weighted by Crippen LogP contribution is -2.47. The van der Waals surface area contributed by atoms with Gasteiger partial charge in [0, 0.05) is 6.04 Å². The molecule has 1 fully saturated rings. The molecule has 0 radical (unpaired) electrons. The molecule has 1 aliphatic rings. The lowest BCUT2D eigenvalue weighted by molar-refractivity contribution is -0.134. The largest absolute Gasteiger partial charge is 0.366 e. The van der Waals surface area contributed by atoms with Crippen LogP contribution in [0.5, 0.6) is 0 Å². The molecule has 2 N–H and O–H groups in total. The van der Waals surface area contributed by atoms with E-state index in [9.17, 15) is 9.59 Å². The molecule has 1 saturated carbocycles. The first-order chi connectivity index (χ1) is 7.78. The monoisotopic (exact) mass is 242 g/mol. The van der Waals surface area contributed by atoms with Gasteiger partial charge < -0.3 is 15.4 Å². The molecule has 0 aromatic carbocycles. The highest BCUT2D eigenvalue weighted by Crippen LogP contribution is 2.18. The predicted molar refractivity (Wildman–Crippen MR) is 64.5 cm³/mol. The normalized spacial score (nSPS) is 17.4. The molecule has 0 aliphatic heterocycles. The third-order valence-electron chi connectivity index (χ3n) is 2.33. The topological polar surface area (TPSA) is 67.4 Å². The summed E-state index contributed by atoms with van der Waals surface area (Å²) in [6.45, 7) is 7.29. The first-order valence-electron chi connectivity index (χ1n) is 6.01. The highest BCUT2D eigenvalue weighted by Gasteiger charge is 2.26. The lowest BCUT2D eigenvalue weighted by Gasteiger charge is -2.20. The van der Waals surface area contributed by atoms with Gasteiger partial charge in [-0.15, -0.1) is 0 Å². The van der Waals surface area contributed by atoms with Crippen LogP contribution in [0.1, 0.15) is 40.5 Å². The van der Waals surface area contributed by atoms with Crippen molar-refractivity contribution >= 4 is 11.8 Å². The second-order valence-electron chi connectivity index (χ2n) is 5.47. The van der Waals surface area contributed by atoms with Crippen LogP contribution in [0.25, 0.3) is 0 Å². The van der Waals surface area contributed by atoms with Crippen molar-refractivity contribution in [1.82, 2.24) is 10.6 Å². The van der Waals surface area contributed by atoms with Crippen molar-refractivity contribution in [2.75, 3.05) is 6.61 Å². The first-order valence-corrected chi connectivity index (χ1v) is 6.01.